The molecule has 15 heavy (non-hydrogen) atoms. The van der Waals surface area contributed by atoms with Gasteiger partial charge in [-0.2, -0.15) is 0 Å². The summed E-state index contributed by atoms with van der Waals surface area (Å²) in [5.74, 6) is 1.25. The summed E-state index contributed by atoms with van der Waals surface area (Å²) in [6.45, 7) is 12.2. The molecule has 3 heteroatoms. The van der Waals surface area contributed by atoms with E-state index in [1.807, 2.05) is 0 Å². The highest BCUT2D eigenvalue weighted by Crippen LogP contribution is 2.10. The molecule has 0 rings (SSSR count). The summed E-state index contributed by atoms with van der Waals surface area (Å²) in [5, 5.41) is 0. The van der Waals surface area contributed by atoms with Crippen molar-refractivity contribution in [2.45, 2.75) is 33.8 Å². The lowest BCUT2D eigenvalue weighted by Crippen LogP contribution is -2.35. The highest BCUT2D eigenvalue weighted by molar-refractivity contribution is 4.67. The van der Waals surface area contributed by atoms with Gasteiger partial charge in [0.2, 0.25) is 0 Å². The molecule has 0 heterocycles. The molecule has 2 N–H and O–H groups in total. The van der Waals surface area contributed by atoms with Gasteiger partial charge in [-0.25, -0.2) is 0 Å². The molecule has 0 aromatic carbocycles. The van der Waals surface area contributed by atoms with Crippen LogP contribution in [0.5, 0.6) is 0 Å². The molecule has 0 aromatic heterocycles. The molecule has 0 spiro atoms. The third kappa shape index (κ3) is 7.77. The van der Waals surface area contributed by atoms with Gasteiger partial charge in [-0.15, -0.1) is 0 Å². The minimum atomic E-state index is 0.328. The number of nitrogens with two attached hydrogens (primary N) is 1. The van der Waals surface area contributed by atoms with E-state index in [-0.39, 0.29) is 0 Å². The second-order valence-electron chi connectivity index (χ2n) is 4.92. The van der Waals surface area contributed by atoms with Crippen LogP contribution in [0.4, 0.5) is 0 Å². The van der Waals surface area contributed by atoms with Crippen molar-refractivity contribution in [3.05, 3.63) is 0 Å². The van der Waals surface area contributed by atoms with Crippen LogP contribution in [0.25, 0.3) is 0 Å². The Balaban J connectivity index is 3.66. The predicted molar refractivity (Wildman–Crippen MR) is 66.0 cm³/mol. The summed E-state index contributed by atoms with van der Waals surface area (Å²) in [7, 11) is 2.13. The largest absolute Gasteiger partial charge is 0.377 e. The van der Waals surface area contributed by atoms with Crippen molar-refractivity contribution in [2.24, 2.45) is 17.6 Å². The number of hydrogen-bond donors (Lipinski definition) is 1. The van der Waals surface area contributed by atoms with Gasteiger partial charge in [0.1, 0.15) is 0 Å². The minimum Gasteiger partial charge on any atom is -0.377 e. The first-order chi connectivity index (χ1) is 6.97. The first-order valence-electron chi connectivity index (χ1n) is 5.97. The molecule has 0 saturated carbocycles. The topological polar surface area (TPSA) is 38.5 Å². The van der Waals surface area contributed by atoms with E-state index < -0.39 is 0 Å². The Kier molecular flexibility index (Phi) is 8.02. The standard InChI is InChI=1S/C12H28N2O/c1-10(2)12(8-13)9-14(5)6-7-15-11(3)4/h10-12H,6-9,13H2,1-5H3. The number of nitrogens with zero attached hydrogens (tertiary/aromatic N) is 1. The Morgan fingerprint density at radius 1 is 1.20 bits per heavy atom. The quantitative estimate of drug-likeness (QED) is 0.669. The Morgan fingerprint density at radius 2 is 1.80 bits per heavy atom. The summed E-state index contributed by atoms with van der Waals surface area (Å²) in [6.07, 6.45) is 0.328. The van der Waals surface area contributed by atoms with E-state index in [1.54, 1.807) is 0 Å². The summed E-state index contributed by atoms with van der Waals surface area (Å²) in [5.41, 5.74) is 5.74. The van der Waals surface area contributed by atoms with Crippen molar-refractivity contribution in [2.75, 3.05) is 33.3 Å². The first-order valence-corrected chi connectivity index (χ1v) is 5.97. The summed E-state index contributed by atoms with van der Waals surface area (Å²) >= 11 is 0. The van der Waals surface area contributed by atoms with Gasteiger partial charge in [0, 0.05) is 13.1 Å². The van der Waals surface area contributed by atoms with Crippen LogP contribution in [0.15, 0.2) is 0 Å². The molecule has 92 valence electrons. The molecule has 1 atom stereocenters. The Morgan fingerprint density at radius 3 is 2.20 bits per heavy atom. The lowest BCUT2D eigenvalue weighted by Gasteiger charge is -2.25. The first kappa shape index (κ1) is 14.9. The number of ether oxygens (including phenoxy) is 1. The third-order valence-corrected chi connectivity index (χ3v) is 2.72. The molecule has 0 bridgehead atoms. The summed E-state index contributed by atoms with van der Waals surface area (Å²) in [4.78, 5) is 2.31. The van der Waals surface area contributed by atoms with Crippen molar-refractivity contribution < 1.29 is 4.74 Å². The van der Waals surface area contributed by atoms with Crippen LogP contribution in [-0.4, -0.2) is 44.3 Å². The van der Waals surface area contributed by atoms with Gasteiger partial charge in [0.15, 0.2) is 0 Å². The SMILES string of the molecule is CC(C)OCCN(C)CC(CN)C(C)C. The van der Waals surface area contributed by atoms with Crippen LogP contribution >= 0.6 is 0 Å². The van der Waals surface area contributed by atoms with Crippen molar-refractivity contribution in [3.63, 3.8) is 0 Å². The molecular formula is C12H28N2O. The average Bonchev–Trinajstić information content (AvgIpc) is 2.13. The van der Waals surface area contributed by atoms with Crippen LogP contribution in [-0.2, 0) is 4.74 Å². The fraction of sp³-hybridized carbons (Fsp3) is 1.00. The normalized spacial score (nSPS) is 14.2. The smallest absolute Gasteiger partial charge is 0.0596 e. The monoisotopic (exact) mass is 216 g/mol. The maximum Gasteiger partial charge on any atom is 0.0596 e. The Bertz CT molecular complexity index is 149. The lowest BCUT2D eigenvalue weighted by molar-refractivity contribution is 0.0600. The van der Waals surface area contributed by atoms with Gasteiger partial charge >= 0.3 is 0 Å². The maximum absolute atomic E-state index is 5.74. The molecule has 1 unspecified atom stereocenters. The molecule has 0 aliphatic rings. The van der Waals surface area contributed by atoms with Crippen LogP contribution in [0.2, 0.25) is 0 Å². The van der Waals surface area contributed by atoms with Crippen molar-refractivity contribution in [1.82, 2.24) is 4.90 Å². The maximum atomic E-state index is 5.74. The van der Waals surface area contributed by atoms with E-state index in [1.165, 1.54) is 0 Å². The molecule has 0 aliphatic heterocycles. The summed E-state index contributed by atoms with van der Waals surface area (Å²) < 4.78 is 5.52. The third-order valence-electron chi connectivity index (χ3n) is 2.72. The lowest BCUT2D eigenvalue weighted by atomic mass is 9.95. The predicted octanol–water partition coefficient (Wildman–Crippen LogP) is 1.57. The van der Waals surface area contributed by atoms with E-state index in [4.69, 9.17) is 10.5 Å². The fourth-order valence-corrected chi connectivity index (χ4v) is 1.49. The second kappa shape index (κ2) is 8.08. The number of rotatable bonds is 8. The molecule has 0 saturated heterocycles. The van der Waals surface area contributed by atoms with E-state index in [9.17, 15) is 0 Å². The van der Waals surface area contributed by atoms with Crippen molar-refractivity contribution >= 4 is 0 Å². The fourth-order valence-electron chi connectivity index (χ4n) is 1.49. The van der Waals surface area contributed by atoms with E-state index in [0.717, 1.165) is 26.2 Å². The van der Waals surface area contributed by atoms with Crippen LogP contribution in [0.3, 0.4) is 0 Å². The highest BCUT2D eigenvalue weighted by atomic mass is 16.5. The van der Waals surface area contributed by atoms with Gasteiger partial charge < -0.3 is 15.4 Å². The molecule has 0 fully saturated rings. The number of hydrogen-bond acceptors (Lipinski definition) is 3. The van der Waals surface area contributed by atoms with E-state index in [0.29, 0.717) is 17.9 Å². The van der Waals surface area contributed by atoms with Crippen LogP contribution < -0.4 is 5.73 Å². The molecule has 0 amide bonds. The molecule has 0 aromatic rings. The van der Waals surface area contributed by atoms with Gasteiger partial charge in [0.25, 0.3) is 0 Å². The zero-order valence-electron chi connectivity index (χ0n) is 11.0. The Labute approximate surface area is 95.0 Å². The zero-order valence-corrected chi connectivity index (χ0v) is 11.0. The van der Waals surface area contributed by atoms with Gasteiger partial charge in [-0.05, 0) is 39.3 Å². The molecule has 0 radical (unpaired) electrons. The van der Waals surface area contributed by atoms with Crippen molar-refractivity contribution in [1.29, 1.82) is 0 Å². The van der Waals surface area contributed by atoms with E-state index in [2.05, 4.69) is 39.6 Å². The molecule has 3 nitrogen and oxygen atoms in total. The average molecular weight is 216 g/mol. The van der Waals surface area contributed by atoms with Crippen LogP contribution in [0.1, 0.15) is 27.7 Å². The number of likely N-dealkylation sites (N-methyl/N-ethyl adjacent to an activating group) is 1. The van der Waals surface area contributed by atoms with Gasteiger partial charge in [-0.1, -0.05) is 13.8 Å². The zero-order chi connectivity index (χ0) is 11.8. The highest BCUT2D eigenvalue weighted by Gasteiger charge is 2.13. The minimum absolute atomic E-state index is 0.328. The second-order valence-corrected chi connectivity index (χ2v) is 4.92. The van der Waals surface area contributed by atoms with E-state index >= 15 is 0 Å². The molecular weight excluding hydrogens is 188 g/mol. The summed E-state index contributed by atoms with van der Waals surface area (Å²) in [6, 6.07) is 0. The Hall–Kier alpha value is -0.120. The van der Waals surface area contributed by atoms with Gasteiger partial charge in [-0.3, -0.25) is 0 Å². The van der Waals surface area contributed by atoms with Crippen molar-refractivity contribution in [3.8, 4) is 0 Å². The molecule has 0 aliphatic carbocycles. The van der Waals surface area contributed by atoms with Crippen LogP contribution in [0, 0.1) is 11.8 Å². The van der Waals surface area contributed by atoms with Gasteiger partial charge in [0.05, 0.1) is 12.7 Å².